The molecule has 0 fully saturated rings. The number of hydrogen-bond acceptors (Lipinski definition) is 3. The van der Waals surface area contributed by atoms with Crippen LogP contribution in [0, 0.1) is 0 Å². The molecule has 94 valence electrons. The molecule has 1 unspecified atom stereocenters. The minimum absolute atomic E-state index is 0.00839. The zero-order valence-corrected chi connectivity index (χ0v) is 11.4. The van der Waals surface area contributed by atoms with Gasteiger partial charge in [-0.05, 0) is 18.2 Å². The number of benzene rings is 1. The van der Waals surface area contributed by atoms with Gasteiger partial charge in [0.25, 0.3) is 0 Å². The fourth-order valence-corrected chi connectivity index (χ4v) is 2.07. The van der Waals surface area contributed by atoms with E-state index in [9.17, 15) is 9.90 Å². The molecule has 1 aliphatic rings. The van der Waals surface area contributed by atoms with Gasteiger partial charge in [-0.3, -0.25) is 4.79 Å². The van der Waals surface area contributed by atoms with Crippen molar-refractivity contribution in [3.05, 3.63) is 58.7 Å². The Hall–Kier alpha value is -1.39. The molecule has 0 radical (unpaired) electrons. The van der Waals surface area contributed by atoms with Crippen molar-refractivity contribution in [1.82, 2.24) is 4.90 Å². The summed E-state index contributed by atoms with van der Waals surface area (Å²) in [6, 6.07) is 7.17. The first-order chi connectivity index (χ1) is 8.70. The van der Waals surface area contributed by atoms with Crippen molar-refractivity contribution in [3.63, 3.8) is 0 Å². The molecule has 0 amide bonds. The second-order valence-electron chi connectivity index (χ2n) is 4.08. The Morgan fingerprint density at radius 1 is 1.28 bits per heavy atom. The molecule has 1 heterocycles. The molecule has 3 nitrogen and oxygen atoms in total. The van der Waals surface area contributed by atoms with Gasteiger partial charge in [-0.1, -0.05) is 40.2 Å². The molecule has 0 spiro atoms. The molecule has 2 rings (SSSR count). The van der Waals surface area contributed by atoms with Crippen LogP contribution < -0.4 is 0 Å². The highest BCUT2D eigenvalue weighted by molar-refractivity contribution is 9.10. The molecular formula is C14H14BrNO2. The van der Waals surface area contributed by atoms with Gasteiger partial charge in [0, 0.05) is 16.2 Å². The predicted molar refractivity (Wildman–Crippen MR) is 74.3 cm³/mol. The maximum Gasteiger partial charge on any atom is 0.182 e. The van der Waals surface area contributed by atoms with Gasteiger partial charge >= 0.3 is 0 Å². The zero-order chi connectivity index (χ0) is 13.0. The molecule has 0 aromatic heterocycles. The molecule has 4 heteroatoms. The number of carbonyl (C=O) groups excluding carboxylic acids is 1. The fourth-order valence-electron chi connectivity index (χ4n) is 1.80. The molecule has 1 atom stereocenters. The lowest BCUT2D eigenvalue weighted by atomic mass is 10.1. The standard InChI is InChI=1S/C14H14BrNO2/c15-12-6-4-11(5-7-12)14(18)9-16-8-2-1-3-13(16)10-17/h1-8,13,17H,9-10H2. The van der Waals surface area contributed by atoms with Gasteiger partial charge in [-0.25, -0.2) is 0 Å². The summed E-state index contributed by atoms with van der Waals surface area (Å²) < 4.78 is 0.952. The highest BCUT2D eigenvalue weighted by atomic mass is 79.9. The van der Waals surface area contributed by atoms with Crippen LogP contribution in [0.15, 0.2) is 53.2 Å². The van der Waals surface area contributed by atoms with E-state index < -0.39 is 0 Å². The van der Waals surface area contributed by atoms with Gasteiger partial charge in [0.05, 0.1) is 19.2 Å². The highest BCUT2D eigenvalue weighted by Gasteiger charge is 2.17. The van der Waals surface area contributed by atoms with Crippen LogP contribution >= 0.6 is 15.9 Å². The number of allylic oxidation sites excluding steroid dienone is 2. The maximum atomic E-state index is 12.1. The summed E-state index contributed by atoms with van der Waals surface area (Å²) in [5.41, 5.74) is 0.679. The predicted octanol–water partition coefficient (Wildman–Crippen LogP) is 2.38. The monoisotopic (exact) mass is 307 g/mol. The number of Topliss-reactive ketones (excluding diaryl/α,β-unsaturated/α-hetero) is 1. The SMILES string of the molecule is O=C(CN1C=CC=CC1CO)c1ccc(Br)cc1. The van der Waals surface area contributed by atoms with E-state index in [1.807, 2.05) is 41.5 Å². The van der Waals surface area contributed by atoms with Crippen LogP contribution in [0.5, 0.6) is 0 Å². The number of aliphatic hydroxyl groups is 1. The summed E-state index contributed by atoms with van der Waals surface area (Å²) >= 11 is 3.34. The van der Waals surface area contributed by atoms with Crippen molar-refractivity contribution in [2.45, 2.75) is 6.04 Å². The van der Waals surface area contributed by atoms with Crippen molar-refractivity contribution in [2.75, 3.05) is 13.2 Å². The van der Waals surface area contributed by atoms with E-state index >= 15 is 0 Å². The van der Waals surface area contributed by atoms with Crippen LogP contribution in [0.4, 0.5) is 0 Å². The van der Waals surface area contributed by atoms with Crippen LogP contribution in [-0.2, 0) is 0 Å². The molecular weight excluding hydrogens is 294 g/mol. The molecule has 0 saturated heterocycles. The fraction of sp³-hybridized carbons (Fsp3) is 0.214. The average molecular weight is 308 g/mol. The first-order valence-electron chi connectivity index (χ1n) is 5.71. The Kier molecular flexibility index (Phi) is 4.33. The highest BCUT2D eigenvalue weighted by Crippen LogP contribution is 2.13. The van der Waals surface area contributed by atoms with Crippen LogP contribution in [0.25, 0.3) is 0 Å². The number of rotatable bonds is 4. The number of carbonyl (C=O) groups is 1. The summed E-state index contributed by atoms with van der Waals surface area (Å²) in [6.07, 6.45) is 7.45. The minimum Gasteiger partial charge on any atom is -0.394 e. The third-order valence-corrected chi connectivity index (χ3v) is 3.36. The number of ketones is 1. The van der Waals surface area contributed by atoms with E-state index in [4.69, 9.17) is 0 Å². The summed E-state index contributed by atoms with van der Waals surface area (Å²) in [4.78, 5) is 13.9. The maximum absolute atomic E-state index is 12.1. The van der Waals surface area contributed by atoms with E-state index in [0.717, 1.165) is 4.47 Å². The average Bonchev–Trinajstić information content (AvgIpc) is 2.40. The Balaban J connectivity index is 2.05. The normalized spacial score (nSPS) is 18.1. The van der Waals surface area contributed by atoms with Gasteiger partial charge in [0.1, 0.15) is 0 Å². The lowest BCUT2D eigenvalue weighted by molar-refractivity contribution is 0.0925. The second kappa shape index (κ2) is 5.98. The lowest BCUT2D eigenvalue weighted by Gasteiger charge is -2.28. The number of halogens is 1. The molecule has 1 aromatic carbocycles. The van der Waals surface area contributed by atoms with E-state index in [1.165, 1.54) is 0 Å². The largest absolute Gasteiger partial charge is 0.394 e. The molecule has 1 aromatic rings. The molecule has 0 saturated carbocycles. The Labute approximate surface area is 115 Å². The van der Waals surface area contributed by atoms with E-state index in [-0.39, 0.29) is 25.0 Å². The summed E-state index contributed by atoms with van der Waals surface area (Å²) in [5.74, 6) is 0.0425. The quantitative estimate of drug-likeness (QED) is 0.868. The number of nitrogens with zero attached hydrogens (tertiary/aromatic N) is 1. The topological polar surface area (TPSA) is 40.5 Å². The minimum atomic E-state index is -0.116. The Bertz CT molecular complexity index is 479. The van der Waals surface area contributed by atoms with Crippen molar-refractivity contribution < 1.29 is 9.90 Å². The zero-order valence-electron chi connectivity index (χ0n) is 9.79. The van der Waals surface area contributed by atoms with Crippen LogP contribution in [-0.4, -0.2) is 35.0 Å². The van der Waals surface area contributed by atoms with Crippen molar-refractivity contribution in [3.8, 4) is 0 Å². The summed E-state index contributed by atoms with van der Waals surface area (Å²) in [5, 5.41) is 9.24. The van der Waals surface area contributed by atoms with E-state index in [0.29, 0.717) is 5.56 Å². The molecule has 1 N–H and O–H groups in total. The Morgan fingerprint density at radius 3 is 2.67 bits per heavy atom. The van der Waals surface area contributed by atoms with Crippen LogP contribution in [0.3, 0.4) is 0 Å². The van der Waals surface area contributed by atoms with Gasteiger partial charge in [-0.2, -0.15) is 0 Å². The summed E-state index contributed by atoms with van der Waals surface area (Å²) in [6.45, 7) is 0.280. The second-order valence-corrected chi connectivity index (χ2v) is 4.99. The third-order valence-electron chi connectivity index (χ3n) is 2.83. The van der Waals surface area contributed by atoms with Crippen molar-refractivity contribution in [2.24, 2.45) is 0 Å². The number of aliphatic hydroxyl groups excluding tert-OH is 1. The Morgan fingerprint density at radius 2 is 2.00 bits per heavy atom. The number of hydrogen-bond donors (Lipinski definition) is 1. The lowest BCUT2D eigenvalue weighted by Crippen LogP contribution is -2.37. The van der Waals surface area contributed by atoms with Gasteiger partial charge < -0.3 is 10.0 Å². The van der Waals surface area contributed by atoms with Crippen molar-refractivity contribution in [1.29, 1.82) is 0 Å². The molecule has 18 heavy (non-hydrogen) atoms. The van der Waals surface area contributed by atoms with Gasteiger partial charge in [0.15, 0.2) is 5.78 Å². The third kappa shape index (κ3) is 3.09. The first-order valence-corrected chi connectivity index (χ1v) is 6.50. The first kappa shape index (κ1) is 13.1. The molecule has 0 aliphatic carbocycles. The van der Waals surface area contributed by atoms with E-state index in [2.05, 4.69) is 15.9 Å². The van der Waals surface area contributed by atoms with Gasteiger partial charge in [-0.15, -0.1) is 0 Å². The molecule has 0 bridgehead atoms. The smallest absolute Gasteiger partial charge is 0.182 e. The molecule has 1 aliphatic heterocycles. The summed E-state index contributed by atoms with van der Waals surface area (Å²) in [7, 11) is 0. The van der Waals surface area contributed by atoms with Crippen LogP contribution in [0.1, 0.15) is 10.4 Å². The van der Waals surface area contributed by atoms with Gasteiger partial charge in [0.2, 0.25) is 0 Å². The van der Waals surface area contributed by atoms with Crippen LogP contribution in [0.2, 0.25) is 0 Å². The van der Waals surface area contributed by atoms with Crippen molar-refractivity contribution >= 4 is 21.7 Å². The van der Waals surface area contributed by atoms with E-state index in [1.54, 1.807) is 12.1 Å².